The maximum atomic E-state index is 12.4. The van der Waals surface area contributed by atoms with Crippen molar-refractivity contribution in [2.75, 3.05) is 5.73 Å². The molecule has 6 heteroatoms. The molecule has 0 spiro atoms. The van der Waals surface area contributed by atoms with Crippen molar-refractivity contribution in [2.45, 2.75) is 6.18 Å². The Bertz CT molecular complexity index is 548. The van der Waals surface area contributed by atoms with E-state index in [9.17, 15) is 13.2 Å². The van der Waals surface area contributed by atoms with Gasteiger partial charge in [0.1, 0.15) is 0 Å². The lowest BCUT2D eigenvalue weighted by atomic mass is 10.1. The predicted octanol–water partition coefficient (Wildman–Crippen LogP) is 4.67. The van der Waals surface area contributed by atoms with Crippen LogP contribution in [0.4, 0.5) is 18.9 Å². The van der Waals surface area contributed by atoms with Crippen LogP contribution < -0.4 is 5.73 Å². The van der Waals surface area contributed by atoms with E-state index >= 15 is 0 Å². The van der Waals surface area contributed by atoms with E-state index in [1.807, 2.05) is 0 Å². The van der Waals surface area contributed by atoms with Gasteiger partial charge in [0, 0.05) is 16.1 Å². The second kappa shape index (κ2) is 4.23. The van der Waals surface area contributed by atoms with Gasteiger partial charge >= 0.3 is 6.18 Å². The van der Waals surface area contributed by atoms with E-state index in [4.69, 9.17) is 17.3 Å². The number of thiophene rings is 1. The summed E-state index contributed by atoms with van der Waals surface area (Å²) in [6, 6.07) is 6.72. The molecule has 0 aliphatic heterocycles. The first-order valence-electron chi connectivity index (χ1n) is 4.60. The van der Waals surface area contributed by atoms with Crippen LogP contribution in [0.15, 0.2) is 30.3 Å². The summed E-state index contributed by atoms with van der Waals surface area (Å²) in [6.45, 7) is 0. The fourth-order valence-corrected chi connectivity index (χ4v) is 2.51. The largest absolute Gasteiger partial charge is 0.416 e. The van der Waals surface area contributed by atoms with Gasteiger partial charge in [0.2, 0.25) is 0 Å². The lowest BCUT2D eigenvalue weighted by Gasteiger charge is -2.09. The van der Waals surface area contributed by atoms with Crippen LogP contribution in [0.5, 0.6) is 0 Å². The summed E-state index contributed by atoms with van der Waals surface area (Å²) in [7, 11) is 0. The van der Waals surface area contributed by atoms with Crippen LogP contribution in [0.3, 0.4) is 0 Å². The molecule has 17 heavy (non-hydrogen) atoms. The number of hydrogen-bond donors (Lipinski definition) is 1. The molecule has 2 rings (SSSR count). The number of nitrogens with two attached hydrogens (primary N) is 1. The van der Waals surface area contributed by atoms with Crippen molar-refractivity contribution in [1.29, 1.82) is 0 Å². The van der Waals surface area contributed by atoms with Gasteiger partial charge in [-0.15, -0.1) is 11.3 Å². The fourth-order valence-electron chi connectivity index (χ4n) is 1.42. The lowest BCUT2D eigenvalue weighted by molar-refractivity contribution is -0.137. The van der Waals surface area contributed by atoms with Crippen molar-refractivity contribution >= 4 is 28.6 Å². The van der Waals surface area contributed by atoms with E-state index < -0.39 is 11.7 Å². The minimum atomic E-state index is -4.38. The number of halogens is 4. The molecule has 1 aromatic carbocycles. The molecular formula is C11H7ClF3NS. The van der Waals surface area contributed by atoms with Crippen LogP contribution in [-0.2, 0) is 6.18 Å². The van der Waals surface area contributed by atoms with Gasteiger partial charge in [-0.05, 0) is 24.3 Å². The van der Waals surface area contributed by atoms with Crippen molar-refractivity contribution in [2.24, 2.45) is 0 Å². The van der Waals surface area contributed by atoms with Crippen LogP contribution >= 0.6 is 22.9 Å². The molecule has 0 bridgehead atoms. The molecule has 1 nitrogen and oxygen atoms in total. The number of hydrogen-bond acceptors (Lipinski definition) is 2. The van der Waals surface area contributed by atoms with Crippen LogP contribution in [0, 0.1) is 0 Å². The summed E-state index contributed by atoms with van der Waals surface area (Å²) in [5, 5.41) is 0. The Balaban J connectivity index is 2.45. The number of nitrogen functional groups attached to an aromatic ring is 1. The average Bonchev–Trinajstić information content (AvgIpc) is 2.63. The smallest absolute Gasteiger partial charge is 0.398 e. The van der Waals surface area contributed by atoms with Crippen LogP contribution in [-0.4, -0.2) is 0 Å². The second-order valence-corrected chi connectivity index (χ2v) is 5.12. The van der Waals surface area contributed by atoms with Gasteiger partial charge in [-0.2, -0.15) is 13.2 Å². The van der Waals surface area contributed by atoms with E-state index in [-0.39, 0.29) is 5.69 Å². The van der Waals surface area contributed by atoms with Gasteiger partial charge in [0.05, 0.1) is 9.90 Å². The molecule has 2 aromatic rings. The molecule has 0 aliphatic rings. The summed E-state index contributed by atoms with van der Waals surface area (Å²) in [5.74, 6) is 0. The monoisotopic (exact) mass is 277 g/mol. The van der Waals surface area contributed by atoms with Crippen molar-refractivity contribution in [3.63, 3.8) is 0 Å². The van der Waals surface area contributed by atoms with Gasteiger partial charge in [-0.3, -0.25) is 0 Å². The minimum absolute atomic E-state index is 0.0957. The van der Waals surface area contributed by atoms with Crippen molar-refractivity contribution < 1.29 is 13.2 Å². The third-order valence-electron chi connectivity index (χ3n) is 2.22. The van der Waals surface area contributed by atoms with Crippen molar-refractivity contribution in [1.82, 2.24) is 0 Å². The van der Waals surface area contributed by atoms with Gasteiger partial charge < -0.3 is 5.73 Å². The Morgan fingerprint density at radius 2 is 1.82 bits per heavy atom. The van der Waals surface area contributed by atoms with E-state index in [0.29, 0.717) is 9.90 Å². The summed E-state index contributed by atoms with van der Waals surface area (Å²) >= 11 is 7.04. The summed E-state index contributed by atoms with van der Waals surface area (Å²) < 4.78 is 37.9. The third kappa shape index (κ3) is 2.56. The molecular weight excluding hydrogens is 271 g/mol. The van der Waals surface area contributed by atoms with E-state index in [1.54, 1.807) is 12.1 Å². The van der Waals surface area contributed by atoms with Crippen LogP contribution in [0.1, 0.15) is 5.56 Å². The Hall–Kier alpha value is -1.20. The predicted molar refractivity (Wildman–Crippen MR) is 64.2 cm³/mol. The molecule has 0 saturated carbocycles. The minimum Gasteiger partial charge on any atom is -0.398 e. The normalized spacial score (nSPS) is 11.8. The first-order valence-corrected chi connectivity index (χ1v) is 5.80. The topological polar surface area (TPSA) is 26.0 Å². The molecule has 0 radical (unpaired) electrons. The molecule has 0 aliphatic carbocycles. The molecule has 0 atom stereocenters. The molecule has 0 saturated heterocycles. The average molecular weight is 278 g/mol. The molecule has 90 valence electrons. The van der Waals surface area contributed by atoms with Crippen molar-refractivity contribution in [3.05, 3.63) is 40.2 Å². The summed E-state index contributed by atoms with van der Waals surface area (Å²) in [5.41, 5.74) is 5.53. The zero-order valence-corrected chi connectivity index (χ0v) is 9.96. The SMILES string of the molecule is Nc1cc(C(F)(F)F)ccc1-c1ccc(Cl)s1. The Morgan fingerprint density at radius 1 is 1.12 bits per heavy atom. The Kier molecular flexibility index (Phi) is 3.05. The first-order chi connectivity index (χ1) is 7.88. The molecule has 2 N–H and O–H groups in total. The number of rotatable bonds is 1. The highest BCUT2D eigenvalue weighted by Crippen LogP contribution is 2.37. The molecule has 0 amide bonds. The maximum Gasteiger partial charge on any atom is 0.416 e. The lowest BCUT2D eigenvalue weighted by Crippen LogP contribution is -2.05. The number of anilines is 1. The first kappa shape index (κ1) is 12.3. The van der Waals surface area contributed by atoms with Crippen LogP contribution in [0.2, 0.25) is 4.34 Å². The van der Waals surface area contributed by atoms with E-state index in [1.165, 1.54) is 17.4 Å². The highest BCUT2D eigenvalue weighted by Gasteiger charge is 2.30. The Labute approximate surface area is 105 Å². The third-order valence-corrected chi connectivity index (χ3v) is 3.48. The van der Waals surface area contributed by atoms with Gasteiger partial charge in [-0.1, -0.05) is 17.7 Å². The van der Waals surface area contributed by atoms with Gasteiger partial charge in [-0.25, -0.2) is 0 Å². The van der Waals surface area contributed by atoms with Crippen LogP contribution in [0.25, 0.3) is 10.4 Å². The molecule has 0 fully saturated rings. The standard InChI is InChI=1S/C11H7ClF3NS/c12-10-4-3-9(17-10)7-2-1-6(5-8(7)16)11(13,14)15/h1-5H,16H2. The van der Waals surface area contributed by atoms with Gasteiger partial charge in [0.25, 0.3) is 0 Å². The van der Waals surface area contributed by atoms with Gasteiger partial charge in [0.15, 0.2) is 0 Å². The summed E-state index contributed by atoms with van der Waals surface area (Å²) in [6.07, 6.45) is -4.38. The molecule has 1 aromatic heterocycles. The van der Waals surface area contributed by atoms with E-state index in [2.05, 4.69) is 0 Å². The quantitative estimate of drug-likeness (QED) is 0.753. The van der Waals surface area contributed by atoms with E-state index in [0.717, 1.165) is 17.0 Å². The summed E-state index contributed by atoms with van der Waals surface area (Å²) in [4.78, 5) is 0.751. The van der Waals surface area contributed by atoms with Crippen molar-refractivity contribution in [3.8, 4) is 10.4 Å². The molecule has 1 heterocycles. The zero-order chi connectivity index (χ0) is 12.6. The fraction of sp³-hybridized carbons (Fsp3) is 0.0909. The number of alkyl halides is 3. The molecule has 0 unspecified atom stereocenters. The number of benzene rings is 1. The zero-order valence-electron chi connectivity index (χ0n) is 8.38. The maximum absolute atomic E-state index is 12.4. The second-order valence-electron chi connectivity index (χ2n) is 3.40. The highest BCUT2D eigenvalue weighted by atomic mass is 35.5. The Morgan fingerprint density at radius 3 is 2.29 bits per heavy atom. The highest BCUT2D eigenvalue weighted by molar-refractivity contribution is 7.19.